The lowest BCUT2D eigenvalue weighted by atomic mass is 10.2. The van der Waals surface area contributed by atoms with Crippen molar-refractivity contribution < 1.29 is 19.7 Å². The summed E-state index contributed by atoms with van der Waals surface area (Å²) in [6.45, 7) is 0.685. The Labute approximate surface area is 105 Å². The molecule has 0 saturated heterocycles. The number of ether oxygens (including phenoxy) is 1. The number of aromatic carboxylic acids is 1. The van der Waals surface area contributed by atoms with Gasteiger partial charge in [0.15, 0.2) is 0 Å². The second-order valence-electron chi connectivity index (χ2n) is 3.58. The first-order valence-electron chi connectivity index (χ1n) is 5.41. The van der Waals surface area contributed by atoms with E-state index in [4.69, 9.17) is 26.6 Å². The van der Waals surface area contributed by atoms with Gasteiger partial charge in [-0.3, -0.25) is 0 Å². The van der Waals surface area contributed by atoms with Crippen LogP contribution in [0, 0.1) is 0 Å². The first-order valence-corrected chi connectivity index (χ1v) is 5.79. The van der Waals surface area contributed by atoms with Crippen LogP contribution in [0.4, 0.5) is 0 Å². The van der Waals surface area contributed by atoms with Gasteiger partial charge in [0.05, 0.1) is 17.2 Å². The van der Waals surface area contributed by atoms with Gasteiger partial charge in [0.2, 0.25) is 0 Å². The Morgan fingerprint density at radius 2 is 2.06 bits per heavy atom. The molecule has 0 heterocycles. The van der Waals surface area contributed by atoms with E-state index < -0.39 is 5.97 Å². The molecule has 0 unspecified atom stereocenters. The molecule has 0 spiro atoms. The Balaban J connectivity index is 2.49. The van der Waals surface area contributed by atoms with E-state index >= 15 is 0 Å². The molecule has 1 aromatic rings. The maximum Gasteiger partial charge on any atom is 0.337 e. The molecule has 17 heavy (non-hydrogen) atoms. The molecule has 0 atom stereocenters. The van der Waals surface area contributed by atoms with Gasteiger partial charge in [0.1, 0.15) is 5.75 Å². The van der Waals surface area contributed by atoms with Crippen LogP contribution in [0.1, 0.15) is 29.6 Å². The van der Waals surface area contributed by atoms with Gasteiger partial charge in [-0.15, -0.1) is 0 Å². The number of rotatable bonds is 7. The Hall–Kier alpha value is -1.26. The molecule has 0 aliphatic rings. The third-order valence-electron chi connectivity index (χ3n) is 2.24. The fraction of sp³-hybridized carbons (Fsp3) is 0.417. The van der Waals surface area contributed by atoms with E-state index in [1.54, 1.807) is 6.07 Å². The summed E-state index contributed by atoms with van der Waals surface area (Å²) in [6.07, 6.45) is 2.46. The SMILES string of the molecule is O=C(O)c1cc(OCCCCCO)ccc1Cl. The van der Waals surface area contributed by atoms with E-state index in [0.717, 1.165) is 19.3 Å². The number of carboxylic acid groups (broad SMARTS) is 1. The highest BCUT2D eigenvalue weighted by atomic mass is 35.5. The summed E-state index contributed by atoms with van der Waals surface area (Å²) < 4.78 is 5.39. The maximum atomic E-state index is 10.8. The standard InChI is InChI=1S/C12H15ClO4/c13-11-5-4-9(8-10(11)12(15)16)17-7-3-1-2-6-14/h4-5,8,14H,1-3,6-7H2,(H,15,16). The molecule has 2 N–H and O–H groups in total. The first-order chi connectivity index (χ1) is 8.15. The largest absolute Gasteiger partial charge is 0.494 e. The number of benzene rings is 1. The predicted molar refractivity (Wildman–Crippen MR) is 64.8 cm³/mol. The van der Waals surface area contributed by atoms with Gasteiger partial charge < -0.3 is 14.9 Å². The van der Waals surface area contributed by atoms with Crippen LogP contribution < -0.4 is 4.74 Å². The minimum Gasteiger partial charge on any atom is -0.494 e. The van der Waals surface area contributed by atoms with Crippen molar-refractivity contribution in [2.45, 2.75) is 19.3 Å². The van der Waals surface area contributed by atoms with E-state index in [2.05, 4.69) is 0 Å². The van der Waals surface area contributed by atoms with E-state index in [1.165, 1.54) is 12.1 Å². The van der Waals surface area contributed by atoms with Crippen molar-refractivity contribution in [2.24, 2.45) is 0 Å². The summed E-state index contributed by atoms with van der Waals surface area (Å²) >= 11 is 5.73. The minimum atomic E-state index is -1.07. The Bertz CT molecular complexity index is 379. The van der Waals surface area contributed by atoms with Crippen molar-refractivity contribution >= 4 is 17.6 Å². The number of aliphatic hydroxyl groups is 1. The lowest BCUT2D eigenvalue weighted by molar-refractivity contribution is 0.0696. The zero-order chi connectivity index (χ0) is 12.7. The number of aliphatic hydroxyl groups excluding tert-OH is 1. The molecule has 0 fully saturated rings. The molecule has 0 aliphatic heterocycles. The highest BCUT2D eigenvalue weighted by Crippen LogP contribution is 2.22. The number of carboxylic acids is 1. The molecule has 1 aromatic carbocycles. The second-order valence-corrected chi connectivity index (χ2v) is 3.99. The summed E-state index contributed by atoms with van der Waals surface area (Å²) in [5.74, 6) is -0.573. The molecule has 0 bridgehead atoms. The third kappa shape index (κ3) is 4.63. The van der Waals surface area contributed by atoms with E-state index in [1.807, 2.05) is 0 Å². The van der Waals surface area contributed by atoms with E-state index in [9.17, 15) is 4.79 Å². The average Bonchev–Trinajstić information content (AvgIpc) is 2.30. The van der Waals surface area contributed by atoms with E-state index in [0.29, 0.717) is 12.4 Å². The van der Waals surface area contributed by atoms with Crippen molar-refractivity contribution in [3.8, 4) is 5.75 Å². The van der Waals surface area contributed by atoms with Crippen LogP contribution in [0.5, 0.6) is 5.75 Å². The van der Waals surface area contributed by atoms with Crippen LogP contribution in [0.3, 0.4) is 0 Å². The number of carbonyl (C=O) groups is 1. The van der Waals surface area contributed by atoms with Gasteiger partial charge in [-0.05, 0) is 37.5 Å². The van der Waals surface area contributed by atoms with Crippen molar-refractivity contribution in [2.75, 3.05) is 13.2 Å². The molecule has 0 radical (unpaired) electrons. The monoisotopic (exact) mass is 258 g/mol. The average molecular weight is 259 g/mol. The maximum absolute atomic E-state index is 10.8. The number of unbranched alkanes of at least 4 members (excludes halogenated alkanes) is 2. The first kappa shape index (κ1) is 13.8. The second kappa shape index (κ2) is 7.14. The summed E-state index contributed by atoms with van der Waals surface area (Å²) in [7, 11) is 0. The molecule has 0 saturated carbocycles. The van der Waals surface area contributed by atoms with Gasteiger partial charge in [0.25, 0.3) is 0 Å². The zero-order valence-electron chi connectivity index (χ0n) is 9.36. The smallest absolute Gasteiger partial charge is 0.337 e. The van der Waals surface area contributed by atoms with Gasteiger partial charge in [-0.2, -0.15) is 0 Å². The summed E-state index contributed by atoms with van der Waals surface area (Å²) in [4.78, 5) is 10.8. The highest BCUT2D eigenvalue weighted by Gasteiger charge is 2.09. The Kier molecular flexibility index (Phi) is 5.80. The zero-order valence-corrected chi connectivity index (χ0v) is 10.1. The molecule has 1 rings (SSSR count). The van der Waals surface area contributed by atoms with Crippen molar-refractivity contribution in [1.82, 2.24) is 0 Å². The van der Waals surface area contributed by atoms with Gasteiger partial charge in [0, 0.05) is 6.61 Å². The van der Waals surface area contributed by atoms with Gasteiger partial charge in [-0.1, -0.05) is 11.6 Å². The Morgan fingerprint density at radius 3 is 2.71 bits per heavy atom. The molecule has 94 valence electrons. The van der Waals surface area contributed by atoms with Gasteiger partial charge in [-0.25, -0.2) is 4.79 Å². The molecule has 0 aromatic heterocycles. The fourth-order valence-electron chi connectivity index (χ4n) is 1.34. The lowest BCUT2D eigenvalue weighted by Crippen LogP contribution is -2.01. The van der Waals surface area contributed by atoms with Crippen LogP contribution in [-0.2, 0) is 0 Å². The Morgan fingerprint density at radius 1 is 1.29 bits per heavy atom. The normalized spacial score (nSPS) is 10.2. The van der Waals surface area contributed by atoms with Crippen molar-refractivity contribution in [3.63, 3.8) is 0 Å². The van der Waals surface area contributed by atoms with Crippen LogP contribution in [0.2, 0.25) is 5.02 Å². The van der Waals surface area contributed by atoms with Crippen LogP contribution >= 0.6 is 11.6 Å². The summed E-state index contributed by atoms with van der Waals surface area (Å²) in [5, 5.41) is 17.7. The molecule has 0 amide bonds. The molecule has 0 aliphatic carbocycles. The molecular weight excluding hydrogens is 244 g/mol. The summed E-state index contributed by atoms with van der Waals surface area (Å²) in [6, 6.07) is 4.56. The lowest BCUT2D eigenvalue weighted by Gasteiger charge is -2.07. The molecule has 5 heteroatoms. The molecule has 4 nitrogen and oxygen atoms in total. The highest BCUT2D eigenvalue weighted by molar-refractivity contribution is 6.33. The number of hydrogen-bond acceptors (Lipinski definition) is 3. The number of halogens is 1. The summed E-state index contributed by atoms with van der Waals surface area (Å²) in [5.41, 5.74) is 0.0412. The van der Waals surface area contributed by atoms with Crippen molar-refractivity contribution in [3.05, 3.63) is 28.8 Å². The minimum absolute atomic E-state index is 0.0412. The quantitative estimate of drug-likeness (QED) is 0.738. The van der Waals surface area contributed by atoms with Crippen LogP contribution in [-0.4, -0.2) is 29.4 Å². The third-order valence-corrected chi connectivity index (χ3v) is 2.57. The number of hydrogen-bond donors (Lipinski definition) is 2. The van der Waals surface area contributed by atoms with Gasteiger partial charge >= 0.3 is 5.97 Å². The fourth-order valence-corrected chi connectivity index (χ4v) is 1.54. The van der Waals surface area contributed by atoms with E-state index in [-0.39, 0.29) is 17.2 Å². The van der Waals surface area contributed by atoms with Crippen molar-refractivity contribution in [1.29, 1.82) is 0 Å². The topological polar surface area (TPSA) is 66.8 Å². The predicted octanol–water partition coefficient (Wildman–Crippen LogP) is 2.58. The van der Waals surface area contributed by atoms with Crippen LogP contribution in [0.15, 0.2) is 18.2 Å². The van der Waals surface area contributed by atoms with Crippen LogP contribution in [0.25, 0.3) is 0 Å². The molecular formula is C12H15ClO4.